The van der Waals surface area contributed by atoms with Gasteiger partial charge in [0.15, 0.2) is 5.01 Å². The maximum absolute atomic E-state index is 4.91. The monoisotopic (exact) mass is 352 g/mol. The Morgan fingerprint density at radius 3 is 2.38 bits per heavy atom. The molecule has 0 spiro atoms. The minimum atomic E-state index is 0.523. The Kier molecular flexibility index (Phi) is 3.58. The summed E-state index contributed by atoms with van der Waals surface area (Å²) in [4.78, 5) is 11.4. The average Bonchev–Trinajstić information content (AvgIpc) is 3.31. The molecule has 1 unspecified atom stereocenters. The van der Waals surface area contributed by atoms with Gasteiger partial charge in [0.2, 0.25) is 0 Å². The number of nitrogens with zero attached hydrogens (tertiary/aromatic N) is 2. The van der Waals surface area contributed by atoms with E-state index in [1.165, 1.54) is 38.8 Å². The normalized spacial score (nSPS) is 21.0. The van der Waals surface area contributed by atoms with Crippen LogP contribution in [0.3, 0.4) is 0 Å². The molecule has 1 saturated heterocycles. The second kappa shape index (κ2) is 5.92. The number of hydrogen-bond donors (Lipinski definition) is 1. The van der Waals surface area contributed by atoms with Crippen molar-refractivity contribution in [2.75, 3.05) is 6.54 Å². The standard InChI is InChI=1S/C19H17N3S2/c1-3-9-16-13(6-1)20-18(23-16)12-22-11-5-8-15(22)19-21-14-7-2-4-10-17(14)24-19/h1-4,6-7,9-10,15H,5,8,11-12H2/p+1/t15-/m1/s1. The van der Waals surface area contributed by atoms with E-state index in [1.807, 2.05) is 22.7 Å². The second-order valence-corrected chi connectivity index (χ2v) is 8.55. The number of para-hydroxylation sites is 2. The van der Waals surface area contributed by atoms with E-state index in [1.54, 1.807) is 4.90 Å². The summed E-state index contributed by atoms with van der Waals surface area (Å²) >= 11 is 3.70. The molecule has 0 radical (unpaired) electrons. The molecule has 2 atom stereocenters. The maximum atomic E-state index is 4.91. The van der Waals surface area contributed by atoms with Crippen molar-refractivity contribution in [3.63, 3.8) is 0 Å². The fraction of sp³-hybridized carbons (Fsp3) is 0.263. The fourth-order valence-corrected chi connectivity index (χ4v) is 5.83. The molecule has 4 aromatic rings. The lowest BCUT2D eigenvalue weighted by molar-refractivity contribution is -0.931. The summed E-state index contributed by atoms with van der Waals surface area (Å²) in [6.45, 7) is 2.23. The number of benzene rings is 2. The first kappa shape index (κ1) is 14.5. The Balaban J connectivity index is 1.44. The van der Waals surface area contributed by atoms with Gasteiger partial charge in [0.1, 0.15) is 17.6 Å². The number of fused-ring (bicyclic) bond motifs is 2. The Hall–Kier alpha value is -1.82. The summed E-state index contributed by atoms with van der Waals surface area (Å²) in [7, 11) is 0. The molecule has 1 aliphatic rings. The molecule has 1 fully saturated rings. The number of nitrogens with one attached hydrogen (secondary N) is 1. The number of rotatable bonds is 3. The number of hydrogen-bond acceptors (Lipinski definition) is 4. The third kappa shape index (κ3) is 2.53. The van der Waals surface area contributed by atoms with Gasteiger partial charge in [-0.25, -0.2) is 9.97 Å². The predicted octanol–water partition coefficient (Wildman–Crippen LogP) is 3.83. The molecule has 0 aliphatic carbocycles. The Labute approximate surface area is 148 Å². The average molecular weight is 353 g/mol. The highest BCUT2D eigenvalue weighted by Gasteiger charge is 2.33. The van der Waals surface area contributed by atoms with E-state index < -0.39 is 0 Å². The Morgan fingerprint density at radius 2 is 1.62 bits per heavy atom. The SMILES string of the molecule is c1ccc2sc(C[NH+]3CCC[C@@H]3c3nc4ccccc4s3)nc2c1. The molecule has 0 amide bonds. The van der Waals surface area contributed by atoms with Gasteiger partial charge < -0.3 is 4.90 Å². The van der Waals surface area contributed by atoms with Crippen LogP contribution in [-0.2, 0) is 6.54 Å². The van der Waals surface area contributed by atoms with E-state index in [0.717, 1.165) is 17.6 Å². The largest absolute Gasteiger partial charge is 0.321 e. The summed E-state index contributed by atoms with van der Waals surface area (Å²) < 4.78 is 2.60. The molecule has 2 aromatic heterocycles. The molecular weight excluding hydrogens is 334 g/mol. The maximum Gasteiger partial charge on any atom is 0.151 e. The number of thiazole rings is 2. The first-order valence-electron chi connectivity index (χ1n) is 8.41. The number of quaternary nitrogens is 1. The van der Waals surface area contributed by atoms with E-state index in [4.69, 9.17) is 9.97 Å². The summed E-state index contributed by atoms with van der Waals surface area (Å²) in [6, 6.07) is 17.4. The van der Waals surface area contributed by atoms with Gasteiger partial charge >= 0.3 is 0 Å². The van der Waals surface area contributed by atoms with Crippen molar-refractivity contribution in [3.05, 3.63) is 58.5 Å². The van der Waals surface area contributed by atoms with Crippen molar-refractivity contribution in [3.8, 4) is 0 Å². The zero-order valence-electron chi connectivity index (χ0n) is 13.2. The first-order valence-corrected chi connectivity index (χ1v) is 10.0. The van der Waals surface area contributed by atoms with Gasteiger partial charge in [-0.2, -0.15) is 0 Å². The minimum absolute atomic E-state index is 0.523. The zero-order valence-corrected chi connectivity index (χ0v) is 14.9. The highest BCUT2D eigenvalue weighted by Crippen LogP contribution is 2.29. The van der Waals surface area contributed by atoms with E-state index in [9.17, 15) is 0 Å². The van der Waals surface area contributed by atoms with Crippen LogP contribution in [-0.4, -0.2) is 16.5 Å². The number of aromatic nitrogens is 2. The summed E-state index contributed by atoms with van der Waals surface area (Å²) in [5, 5.41) is 2.55. The molecule has 1 N–H and O–H groups in total. The molecule has 2 aromatic carbocycles. The molecule has 5 heteroatoms. The molecular formula is C19H18N3S2+. The van der Waals surface area contributed by atoms with Crippen LogP contribution in [0.2, 0.25) is 0 Å². The van der Waals surface area contributed by atoms with Crippen molar-refractivity contribution in [1.29, 1.82) is 0 Å². The van der Waals surface area contributed by atoms with Crippen LogP contribution in [0.1, 0.15) is 28.9 Å². The van der Waals surface area contributed by atoms with Crippen LogP contribution >= 0.6 is 22.7 Å². The van der Waals surface area contributed by atoms with Gasteiger partial charge in [-0.3, -0.25) is 0 Å². The van der Waals surface area contributed by atoms with Crippen LogP contribution in [0.5, 0.6) is 0 Å². The van der Waals surface area contributed by atoms with Crippen molar-refractivity contribution in [1.82, 2.24) is 9.97 Å². The number of likely N-dealkylation sites (tertiary alicyclic amines) is 1. The van der Waals surface area contributed by atoms with Crippen molar-refractivity contribution in [2.24, 2.45) is 0 Å². The van der Waals surface area contributed by atoms with E-state index >= 15 is 0 Å². The van der Waals surface area contributed by atoms with Gasteiger partial charge in [0, 0.05) is 12.8 Å². The lowest BCUT2D eigenvalue weighted by atomic mass is 10.2. The molecule has 5 rings (SSSR count). The summed E-state index contributed by atoms with van der Waals surface area (Å²) in [6.07, 6.45) is 2.51. The quantitative estimate of drug-likeness (QED) is 0.607. The van der Waals surface area contributed by atoms with Crippen LogP contribution in [0, 0.1) is 0 Å². The molecule has 3 nitrogen and oxygen atoms in total. The summed E-state index contributed by atoms with van der Waals surface area (Å²) in [5.41, 5.74) is 2.27. The van der Waals surface area contributed by atoms with Gasteiger partial charge in [0.05, 0.1) is 27.0 Å². The summed E-state index contributed by atoms with van der Waals surface area (Å²) in [5.74, 6) is 0. The van der Waals surface area contributed by atoms with Crippen LogP contribution in [0.25, 0.3) is 20.4 Å². The minimum Gasteiger partial charge on any atom is -0.321 e. The highest BCUT2D eigenvalue weighted by atomic mass is 32.1. The molecule has 0 bridgehead atoms. The molecule has 120 valence electrons. The predicted molar refractivity (Wildman–Crippen MR) is 101 cm³/mol. The van der Waals surface area contributed by atoms with Crippen molar-refractivity contribution in [2.45, 2.75) is 25.4 Å². The fourth-order valence-electron chi connectivity index (χ4n) is 3.65. The highest BCUT2D eigenvalue weighted by molar-refractivity contribution is 7.18. The lowest BCUT2D eigenvalue weighted by Gasteiger charge is -2.18. The topological polar surface area (TPSA) is 30.2 Å². The van der Waals surface area contributed by atoms with Crippen molar-refractivity contribution >= 4 is 43.1 Å². The lowest BCUT2D eigenvalue weighted by Crippen LogP contribution is -3.08. The molecule has 1 aliphatic heterocycles. The van der Waals surface area contributed by atoms with Gasteiger partial charge in [-0.1, -0.05) is 24.3 Å². The van der Waals surface area contributed by atoms with E-state index in [-0.39, 0.29) is 0 Å². The van der Waals surface area contributed by atoms with Crippen LogP contribution in [0.15, 0.2) is 48.5 Å². The third-order valence-electron chi connectivity index (χ3n) is 4.81. The molecule has 24 heavy (non-hydrogen) atoms. The van der Waals surface area contributed by atoms with Gasteiger partial charge in [0.25, 0.3) is 0 Å². The first-order chi connectivity index (χ1) is 11.9. The van der Waals surface area contributed by atoms with E-state index in [0.29, 0.717) is 6.04 Å². The Bertz CT molecular complexity index is 938. The van der Waals surface area contributed by atoms with Crippen LogP contribution in [0.4, 0.5) is 0 Å². The zero-order chi connectivity index (χ0) is 15.9. The molecule has 0 saturated carbocycles. The van der Waals surface area contributed by atoms with Crippen molar-refractivity contribution < 1.29 is 4.90 Å². The smallest absolute Gasteiger partial charge is 0.151 e. The Morgan fingerprint density at radius 1 is 0.917 bits per heavy atom. The van der Waals surface area contributed by atoms with Gasteiger partial charge in [-0.05, 0) is 24.3 Å². The third-order valence-corrected chi connectivity index (χ3v) is 6.99. The van der Waals surface area contributed by atoms with Gasteiger partial charge in [-0.15, -0.1) is 22.7 Å². The van der Waals surface area contributed by atoms with Crippen LogP contribution < -0.4 is 4.90 Å². The van der Waals surface area contributed by atoms with E-state index in [2.05, 4.69) is 48.5 Å². The second-order valence-electron chi connectivity index (χ2n) is 6.37. The molecule has 3 heterocycles.